The molecule has 1 saturated heterocycles. The lowest BCUT2D eigenvalue weighted by molar-refractivity contribution is -0.122. The zero-order valence-corrected chi connectivity index (χ0v) is 20.1. The Hall–Kier alpha value is -3.22. The quantitative estimate of drug-likeness (QED) is 0.285. The van der Waals surface area contributed by atoms with E-state index in [2.05, 4.69) is 5.32 Å². The molecule has 1 fully saturated rings. The molecule has 3 aromatic rings. The number of nitrogens with zero attached hydrogens (tertiary/aromatic N) is 1. The number of carbonyl (C=O) groups is 2. The van der Waals surface area contributed by atoms with Gasteiger partial charge < -0.3 is 4.74 Å². The van der Waals surface area contributed by atoms with E-state index in [0.29, 0.717) is 22.0 Å². The molecule has 1 atom stereocenters. The summed E-state index contributed by atoms with van der Waals surface area (Å²) in [5.41, 5.74) is 1.99. The van der Waals surface area contributed by atoms with Crippen LogP contribution in [0.3, 0.4) is 0 Å². The third kappa shape index (κ3) is 4.49. The van der Waals surface area contributed by atoms with Gasteiger partial charge in [0.15, 0.2) is 5.11 Å². The molecule has 0 spiro atoms. The minimum Gasteiger partial charge on any atom is -0.490 e. The summed E-state index contributed by atoms with van der Waals surface area (Å²) in [6.07, 6.45) is 2.37. The van der Waals surface area contributed by atoms with E-state index in [4.69, 9.17) is 28.6 Å². The van der Waals surface area contributed by atoms with Crippen molar-refractivity contribution in [3.05, 3.63) is 76.3 Å². The van der Waals surface area contributed by atoms with Crippen molar-refractivity contribution in [3.8, 4) is 5.75 Å². The van der Waals surface area contributed by atoms with Crippen molar-refractivity contribution in [2.75, 3.05) is 4.90 Å². The van der Waals surface area contributed by atoms with E-state index in [1.54, 1.807) is 24.3 Å². The first-order chi connectivity index (χ1) is 15.8. The summed E-state index contributed by atoms with van der Waals surface area (Å²) in [6, 6.07) is 16.8. The van der Waals surface area contributed by atoms with Crippen molar-refractivity contribution >= 4 is 63.3 Å². The molecule has 5 nitrogen and oxygen atoms in total. The fourth-order valence-electron chi connectivity index (χ4n) is 3.58. The fourth-order valence-corrected chi connectivity index (χ4v) is 4.04. The van der Waals surface area contributed by atoms with Gasteiger partial charge in [-0.2, -0.15) is 0 Å². The number of fused-ring (bicyclic) bond motifs is 1. The molecule has 168 valence electrons. The van der Waals surface area contributed by atoms with Gasteiger partial charge in [0.1, 0.15) is 11.3 Å². The molecule has 0 radical (unpaired) electrons. The predicted octanol–water partition coefficient (Wildman–Crippen LogP) is 5.81. The van der Waals surface area contributed by atoms with Crippen LogP contribution in [0.1, 0.15) is 31.4 Å². The zero-order chi connectivity index (χ0) is 23.7. The first-order valence-corrected chi connectivity index (χ1v) is 11.4. The van der Waals surface area contributed by atoms with Crippen LogP contribution in [-0.2, 0) is 9.59 Å². The number of thiocarbonyl (C=S) groups is 1. The lowest BCUT2D eigenvalue weighted by atomic mass is 9.99. The van der Waals surface area contributed by atoms with Crippen molar-refractivity contribution in [2.24, 2.45) is 0 Å². The highest BCUT2D eigenvalue weighted by molar-refractivity contribution is 7.80. The normalized spacial score (nSPS) is 16.3. The summed E-state index contributed by atoms with van der Waals surface area (Å²) < 4.78 is 6.13. The van der Waals surface area contributed by atoms with Gasteiger partial charge in [0.05, 0.1) is 11.8 Å². The van der Waals surface area contributed by atoms with Crippen molar-refractivity contribution in [2.45, 2.75) is 33.3 Å². The number of benzene rings is 3. The number of anilines is 1. The maximum Gasteiger partial charge on any atom is 0.270 e. The lowest BCUT2D eigenvalue weighted by Crippen LogP contribution is -2.54. The smallest absolute Gasteiger partial charge is 0.270 e. The van der Waals surface area contributed by atoms with Gasteiger partial charge in [-0.15, -0.1) is 0 Å². The van der Waals surface area contributed by atoms with Crippen LogP contribution in [0.15, 0.2) is 60.2 Å². The van der Waals surface area contributed by atoms with Crippen molar-refractivity contribution in [3.63, 3.8) is 0 Å². The molecule has 0 aliphatic carbocycles. The van der Waals surface area contributed by atoms with Crippen LogP contribution in [0.4, 0.5) is 5.69 Å². The topological polar surface area (TPSA) is 58.6 Å². The molecule has 4 rings (SSSR count). The van der Waals surface area contributed by atoms with E-state index in [1.165, 1.54) is 4.90 Å². The largest absolute Gasteiger partial charge is 0.490 e. The number of carbonyl (C=O) groups excluding carboxylic acids is 2. The van der Waals surface area contributed by atoms with Gasteiger partial charge in [-0.3, -0.25) is 19.8 Å². The zero-order valence-electron chi connectivity index (χ0n) is 18.5. The summed E-state index contributed by atoms with van der Waals surface area (Å²) in [4.78, 5) is 27.6. The second-order valence-corrected chi connectivity index (χ2v) is 8.72. The Morgan fingerprint density at radius 3 is 2.64 bits per heavy atom. The summed E-state index contributed by atoms with van der Waals surface area (Å²) in [7, 11) is 0. The Bertz CT molecular complexity index is 1320. The third-order valence-corrected chi connectivity index (χ3v) is 6.33. The average molecular weight is 479 g/mol. The van der Waals surface area contributed by atoms with Crippen LogP contribution in [0.2, 0.25) is 5.02 Å². The number of amides is 2. The van der Waals surface area contributed by atoms with Gasteiger partial charge in [-0.25, -0.2) is 0 Å². The van der Waals surface area contributed by atoms with E-state index in [1.807, 2.05) is 57.2 Å². The molecule has 1 N–H and O–H groups in total. The second-order valence-electron chi connectivity index (χ2n) is 7.93. The molecule has 0 saturated carbocycles. The van der Waals surface area contributed by atoms with Crippen LogP contribution in [0.5, 0.6) is 5.75 Å². The number of halogens is 1. The molecular formula is C26H23ClN2O3S. The molecule has 0 bridgehead atoms. The highest BCUT2D eigenvalue weighted by Crippen LogP contribution is 2.33. The average Bonchev–Trinajstić information content (AvgIpc) is 2.79. The minimum absolute atomic E-state index is 0.0102. The summed E-state index contributed by atoms with van der Waals surface area (Å²) in [5.74, 6) is -0.470. The fraction of sp³-hybridized carbons (Fsp3) is 0.192. The Morgan fingerprint density at radius 2 is 1.91 bits per heavy atom. The van der Waals surface area contributed by atoms with Gasteiger partial charge in [0.2, 0.25) is 0 Å². The molecule has 2 amide bonds. The highest BCUT2D eigenvalue weighted by atomic mass is 35.5. The van der Waals surface area contributed by atoms with Gasteiger partial charge in [0, 0.05) is 10.6 Å². The molecule has 1 heterocycles. The first kappa shape index (κ1) is 23.0. The molecule has 0 aromatic heterocycles. The number of rotatable bonds is 5. The SMILES string of the molecule is CC[C@H](C)Oc1ccc2ccccc2c1/C=C1\C(=O)NC(=S)N(c2ccc(C)c(Cl)c2)C1=O. The molecule has 3 aromatic carbocycles. The number of aryl methyl sites for hydroxylation is 1. The number of ether oxygens (including phenoxy) is 1. The second kappa shape index (κ2) is 9.33. The summed E-state index contributed by atoms with van der Waals surface area (Å²) >= 11 is 11.6. The Labute approximate surface area is 203 Å². The van der Waals surface area contributed by atoms with Crippen molar-refractivity contribution < 1.29 is 14.3 Å². The van der Waals surface area contributed by atoms with E-state index in [9.17, 15) is 9.59 Å². The molecule has 1 aliphatic heterocycles. The van der Waals surface area contributed by atoms with E-state index >= 15 is 0 Å². The van der Waals surface area contributed by atoms with E-state index in [0.717, 1.165) is 22.8 Å². The minimum atomic E-state index is -0.554. The highest BCUT2D eigenvalue weighted by Gasteiger charge is 2.35. The predicted molar refractivity (Wildman–Crippen MR) is 137 cm³/mol. The van der Waals surface area contributed by atoms with Gasteiger partial charge in [-0.1, -0.05) is 54.9 Å². The van der Waals surface area contributed by atoms with Crippen LogP contribution in [-0.4, -0.2) is 23.0 Å². The van der Waals surface area contributed by atoms with Crippen molar-refractivity contribution in [1.82, 2.24) is 5.32 Å². The molecule has 0 unspecified atom stereocenters. The monoisotopic (exact) mass is 478 g/mol. The Balaban J connectivity index is 1.85. The number of nitrogens with one attached hydrogen (secondary N) is 1. The standard InChI is InChI=1S/C26H23ClN2O3S/c1-4-16(3)32-23-12-10-17-7-5-6-8-19(17)20(23)14-21-24(30)28-26(33)29(25(21)31)18-11-9-15(2)22(27)13-18/h5-14,16H,4H2,1-3H3,(H,28,30,33)/b21-14+/t16-/m0/s1. The summed E-state index contributed by atoms with van der Waals surface area (Å²) in [5, 5.41) is 4.99. The Kier molecular flexibility index (Phi) is 6.49. The van der Waals surface area contributed by atoms with Crippen LogP contribution < -0.4 is 15.0 Å². The van der Waals surface area contributed by atoms with Crippen LogP contribution >= 0.6 is 23.8 Å². The lowest BCUT2D eigenvalue weighted by Gasteiger charge is -2.29. The molecular weight excluding hydrogens is 456 g/mol. The third-order valence-electron chi connectivity index (χ3n) is 5.64. The Morgan fingerprint density at radius 1 is 1.15 bits per heavy atom. The van der Waals surface area contributed by atoms with Crippen LogP contribution in [0.25, 0.3) is 16.8 Å². The first-order valence-electron chi connectivity index (χ1n) is 10.7. The van der Waals surface area contributed by atoms with E-state index < -0.39 is 11.8 Å². The maximum absolute atomic E-state index is 13.5. The molecule has 33 heavy (non-hydrogen) atoms. The molecule has 7 heteroatoms. The van der Waals surface area contributed by atoms with Gasteiger partial charge in [-0.05, 0) is 73.1 Å². The van der Waals surface area contributed by atoms with Crippen LogP contribution in [0, 0.1) is 6.92 Å². The number of hydrogen-bond acceptors (Lipinski definition) is 4. The van der Waals surface area contributed by atoms with E-state index in [-0.39, 0.29) is 16.8 Å². The number of hydrogen-bond donors (Lipinski definition) is 1. The summed E-state index contributed by atoms with van der Waals surface area (Å²) in [6.45, 7) is 5.88. The van der Waals surface area contributed by atoms with Gasteiger partial charge in [0.25, 0.3) is 11.8 Å². The molecule has 1 aliphatic rings. The van der Waals surface area contributed by atoms with Crippen molar-refractivity contribution in [1.29, 1.82) is 0 Å². The maximum atomic E-state index is 13.5. The van der Waals surface area contributed by atoms with Gasteiger partial charge >= 0.3 is 0 Å².